The average Bonchev–Trinajstić information content (AvgIpc) is 3.22. The van der Waals surface area contributed by atoms with Gasteiger partial charge in [0.05, 0.1) is 17.3 Å². The number of hydrogen-bond donors (Lipinski definition) is 1. The van der Waals surface area contributed by atoms with Gasteiger partial charge in [0.2, 0.25) is 0 Å². The predicted molar refractivity (Wildman–Crippen MR) is 105 cm³/mol. The zero-order valence-corrected chi connectivity index (χ0v) is 16.1. The molecule has 4 rings (SSSR count). The zero-order valence-electron chi connectivity index (χ0n) is 15.3. The monoisotopic (exact) mass is 434 g/mol. The molecule has 2 heterocycles. The number of methoxy groups -OCH3 is 1. The van der Waals surface area contributed by atoms with Gasteiger partial charge < -0.3 is 14.6 Å². The molecular weight excluding hydrogens is 421 g/mol. The van der Waals surface area contributed by atoms with Crippen molar-refractivity contribution in [2.75, 3.05) is 7.11 Å². The number of alkyl halides is 3. The fourth-order valence-corrected chi connectivity index (χ4v) is 3.82. The fourth-order valence-electron chi connectivity index (χ4n) is 2.86. The van der Waals surface area contributed by atoms with Gasteiger partial charge in [0, 0.05) is 11.8 Å². The number of hydrogen-bond acceptors (Lipinski definition) is 6. The van der Waals surface area contributed by atoms with Gasteiger partial charge >= 0.3 is 6.36 Å². The van der Waals surface area contributed by atoms with Crippen LogP contribution in [0.3, 0.4) is 0 Å². The molecule has 0 unspecified atom stereocenters. The van der Waals surface area contributed by atoms with Gasteiger partial charge in [0.25, 0.3) is 5.56 Å². The minimum absolute atomic E-state index is 0.0145. The Balaban J connectivity index is 1.71. The highest BCUT2D eigenvalue weighted by Crippen LogP contribution is 2.28. The van der Waals surface area contributed by atoms with Gasteiger partial charge in [-0.25, -0.2) is 4.98 Å². The van der Waals surface area contributed by atoms with E-state index in [9.17, 15) is 23.1 Å². The molecule has 0 saturated heterocycles. The number of phenols is 1. The van der Waals surface area contributed by atoms with E-state index in [1.54, 1.807) is 24.3 Å². The van der Waals surface area contributed by atoms with Crippen LogP contribution in [-0.2, 0) is 0 Å². The average molecular weight is 434 g/mol. The van der Waals surface area contributed by atoms with E-state index >= 15 is 0 Å². The SMILES string of the molecule is COc1cc(/C=c2\sc3nc(-c4cccc(OC(F)(F)F)c4)cn3c2=O)ccc1O. The number of nitrogens with zero attached hydrogens (tertiary/aromatic N) is 2. The van der Waals surface area contributed by atoms with Crippen LogP contribution in [-0.4, -0.2) is 28.0 Å². The van der Waals surface area contributed by atoms with E-state index in [0.29, 0.717) is 26.3 Å². The summed E-state index contributed by atoms with van der Waals surface area (Å²) < 4.78 is 48.0. The van der Waals surface area contributed by atoms with Crippen molar-refractivity contribution < 1.29 is 27.8 Å². The molecule has 10 heteroatoms. The Labute approximate surface area is 171 Å². The van der Waals surface area contributed by atoms with Crippen molar-refractivity contribution in [1.29, 1.82) is 0 Å². The lowest BCUT2D eigenvalue weighted by molar-refractivity contribution is -0.274. The zero-order chi connectivity index (χ0) is 21.5. The van der Waals surface area contributed by atoms with Gasteiger partial charge in [-0.2, -0.15) is 0 Å². The molecule has 0 bridgehead atoms. The molecule has 6 nitrogen and oxygen atoms in total. The first-order chi connectivity index (χ1) is 14.2. The Morgan fingerprint density at radius 3 is 2.70 bits per heavy atom. The van der Waals surface area contributed by atoms with E-state index < -0.39 is 6.36 Å². The molecule has 0 aliphatic heterocycles. The number of halogens is 3. The molecule has 0 saturated carbocycles. The summed E-state index contributed by atoms with van der Waals surface area (Å²) in [5, 5.41) is 9.67. The highest BCUT2D eigenvalue weighted by atomic mass is 32.1. The van der Waals surface area contributed by atoms with Crippen LogP contribution in [0.2, 0.25) is 0 Å². The Hall–Kier alpha value is -3.53. The summed E-state index contributed by atoms with van der Waals surface area (Å²) in [6.45, 7) is 0. The highest BCUT2D eigenvalue weighted by Gasteiger charge is 2.31. The van der Waals surface area contributed by atoms with Crippen LogP contribution in [0.5, 0.6) is 17.2 Å². The van der Waals surface area contributed by atoms with Crippen molar-refractivity contribution in [3.05, 3.63) is 69.1 Å². The molecule has 2 aromatic carbocycles. The molecule has 0 aliphatic rings. The number of benzene rings is 2. The molecule has 0 radical (unpaired) electrons. The van der Waals surface area contributed by atoms with Crippen LogP contribution in [0.1, 0.15) is 5.56 Å². The number of ether oxygens (including phenoxy) is 2. The standard InChI is InChI=1S/C20H13F3N2O4S/c1-28-16-7-11(5-6-15(16)26)8-17-18(27)25-10-14(24-19(25)30-17)12-3-2-4-13(9-12)29-20(21,22)23/h2-10,26H,1H3/b17-8-. The lowest BCUT2D eigenvalue weighted by atomic mass is 10.1. The van der Waals surface area contributed by atoms with Crippen LogP contribution in [0.25, 0.3) is 22.3 Å². The first-order valence-corrected chi connectivity index (χ1v) is 9.32. The topological polar surface area (TPSA) is 73.1 Å². The number of aromatic nitrogens is 2. The van der Waals surface area contributed by atoms with Crippen LogP contribution < -0.4 is 19.6 Å². The second-order valence-corrected chi connectivity index (χ2v) is 7.21. The third-order valence-corrected chi connectivity index (χ3v) is 5.15. The molecule has 154 valence electrons. The number of imidazole rings is 1. The van der Waals surface area contributed by atoms with Gasteiger partial charge in [-0.15, -0.1) is 13.2 Å². The van der Waals surface area contributed by atoms with E-state index in [2.05, 4.69) is 9.72 Å². The second kappa shape index (κ2) is 7.38. The van der Waals surface area contributed by atoms with E-state index in [4.69, 9.17) is 4.74 Å². The van der Waals surface area contributed by atoms with Crippen molar-refractivity contribution in [3.8, 4) is 28.5 Å². The second-order valence-electron chi connectivity index (χ2n) is 6.20. The quantitative estimate of drug-likeness (QED) is 0.532. The maximum Gasteiger partial charge on any atom is 0.573 e. The predicted octanol–water partition coefficient (Wildman–Crippen LogP) is 3.58. The van der Waals surface area contributed by atoms with Gasteiger partial charge in [0.15, 0.2) is 16.5 Å². The third kappa shape index (κ3) is 3.94. The van der Waals surface area contributed by atoms with Gasteiger partial charge in [-0.1, -0.05) is 29.5 Å². The molecule has 0 spiro atoms. The summed E-state index contributed by atoms with van der Waals surface area (Å²) >= 11 is 1.14. The number of phenolic OH excluding ortho intramolecular Hbond substituents is 1. The fraction of sp³-hybridized carbons (Fsp3) is 0.100. The molecular formula is C20H13F3N2O4S. The van der Waals surface area contributed by atoms with E-state index in [1.807, 2.05) is 0 Å². The van der Waals surface area contributed by atoms with Crippen molar-refractivity contribution in [2.24, 2.45) is 0 Å². The van der Waals surface area contributed by atoms with Gasteiger partial charge in [-0.3, -0.25) is 9.20 Å². The Morgan fingerprint density at radius 1 is 1.20 bits per heavy atom. The molecule has 1 N–H and O–H groups in total. The first kappa shape index (κ1) is 19.8. The van der Waals surface area contributed by atoms with Crippen LogP contribution >= 0.6 is 11.3 Å². The third-order valence-electron chi connectivity index (χ3n) is 4.17. The number of aromatic hydroxyl groups is 1. The maximum absolute atomic E-state index is 12.7. The molecule has 2 aromatic heterocycles. The van der Waals surface area contributed by atoms with Crippen LogP contribution in [0.4, 0.5) is 13.2 Å². The Kier molecular flexibility index (Phi) is 4.86. The molecule has 0 fully saturated rings. The summed E-state index contributed by atoms with van der Waals surface area (Å²) in [6, 6.07) is 10.1. The summed E-state index contributed by atoms with van der Waals surface area (Å²) in [4.78, 5) is 17.5. The normalized spacial score (nSPS) is 12.5. The Morgan fingerprint density at radius 2 is 2.00 bits per heavy atom. The minimum Gasteiger partial charge on any atom is -0.504 e. The van der Waals surface area contributed by atoms with Gasteiger partial charge in [0.1, 0.15) is 5.75 Å². The number of thiazole rings is 1. The summed E-state index contributed by atoms with van der Waals surface area (Å²) in [7, 11) is 1.42. The lowest BCUT2D eigenvalue weighted by Crippen LogP contribution is -2.22. The maximum atomic E-state index is 12.7. The van der Waals surface area contributed by atoms with E-state index in [0.717, 1.165) is 11.3 Å². The smallest absolute Gasteiger partial charge is 0.504 e. The molecule has 0 amide bonds. The highest BCUT2D eigenvalue weighted by molar-refractivity contribution is 7.15. The molecule has 0 aliphatic carbocycles. The molecule has 4 aromatic rings. The van der Waals surface area contributed by atoms with Crippen molar-refractivity contribution in [1.82, 2.24) is 9.38 Å². The summed E-state index contributed by atoms with van der Waals surface area (Å²) in [6.07, 6.45) is -1.69. The van der Waals surface area contributed by atoms with Crippen LogP contribution in [0, 0.1) is 0 Å². The molecule has 0 atom stereocenters. The van der Waals surface area contributed by atoms with Gasteiger partial charge in [-0.05, 0) is 35.9 Å². The van der Waals surface area contributed by atoms with Crippen molar-refractivity contribution in [2.45, 2.75) is 6.36 Å². The summed E-state index contributed by atoms with van der Waals surface area (Å²) in [5.41, 5.74) is 1.08. The lowest BCUT2D eigenvalue weighted by Gasteiger charge is -2.09. The number of rotatable bonds is 4. The Bertz CT molecular complexity index is 1340. The van der Waals surface area contributed by atoms with Crippen molar-refractivity contribution >= 4 is 22.4 Å². The van der Waals surface area contributed by atoms with E-state index in [-0.39, 0.29) is 22.8 Å². The molecule has 30 heavy (non-hydrogen) atoms. The number of fused-ring (bicyclic) bond motifs is 1. The van der Waals surface area contributed by atoms with Crippen LogP contribution in [0.15, 0.2) is 53.5 Å². The first-order valence-electron chi connectivity index (χ1n) is 8.50. The summed E-state index contributed by atoms with van der Waals surface area (Å²) in [5.74, 6) is -0.103. The minimum atomic E-state index is -4.79. The van der Waals surface area contributed by atoms with E-state index in [1.165, 1.54) is 42.0 Å². The van der Waals surface area contributed by atoms with Crippen molar-refractivity contribution in [3.63, 3.8) is 0 Å². The largest absolute Gasteiger partial charge is 0.573 e.